The summed E-state index contributed by atoms with van der Waals surface area (Å²) in [5.41, 5.74) is 2.26. The van der Waals surface area contributed by atoms with E-state index in [9.17, 15) is 13.2 Å². The molecule has 2 aromatic carbocycles. The Morgan fingerprint density at radius 3 is 2.65 bits per heavy atom. The third-order valence-electron chi connectivity index (χ3n) is 5.21. The normalized spacial score (nSPS) is 17.7. The van der Waals surface area contributed by atoms with Crippen molar-refractivity contribution in [2.75, 3.05) is 23.3 Å². The molecule has 0 radical (unpaired) electrons. The Labute approximate surface area is 152 Å². The molecule has 1 amide bonds. The minimum Gasteiger partial charge on any atom is -0.497 e. The maximum absolute atomic E-state index is 13.2. The second-order valence-corrected chi connectivity index (χ2v) is 8.97. The van der Waals surface area contributed by atoms with Gasteiger partial charge in [-0.05, 0) is 67.8 Å². The van der Waals surface area contributed by atoms with Crippen LogP contribution in [0.1, 0.15) is 25.0 Å². The number of benzene rings is 2. The lowest BCUT2D eigenvalue weighted by Crippen LogP contribution is -2.30. The summed E-state index contributed by atoms with van der Waals surface area (Å²) in [6, 6.07) is 10.3. The Bertz CT molecular complexity index is 1030. The number of nitrogens with one attached hydrogen (secondary N) is 1. The highest BCUT2D eigenvalue weighted by molar-refractivity contribution is 7.92. The fourth-order valence-electron chi connectivity index (χ4n) is 3.56. The van der Waals surface area contributed by atoms with Crippen molar-refractivity contribution in [2.45, 2.75) is 30.6 Å². The van der Waals surface area contributed by atoms with Crippen LogP contribution in [0.15, 0.2) is 41.3 Å². The molecule has 0 aliphatic carbocycles. The Morgan fingerprint density at radius 2 is 1.92 bits per heavy atom. The molecule has 0 fully saturated rings. The van der Waals surface area contributed by atoms with Gasteiger partial charge in [0.05, 0.1) is 23.1 Å². The summed E-state index contributed by atoms with van der Waals surface area (Å²) in [6.07, 6.45) is 0.641. The van der Waals surface area contributed by atoms with Gasteiger partial charge in [-0.3, -0.25) is 9.10 Å². The van der Waals surface area contributed by atoms with Crippen LogP contribution in [0, 0.1) is 0 Å². The van der Waals surface area contributed by atoms with E-state index in [4.69, 9.17) is 4.74 Å². The second kappa shape index (κ2) is 5.48. The van der Waals surface area contributed by atoms with Gasteiger partial charge in [0.1, 0.15) is 5.75 Å². The van der Waals surface area contributed by atoms with E-state index < -0.39 is 15.4 Å². The zero-order valence-electron chi connectivity index (χ0n) is 14.9. The van der Waals surface area contributed by atoms with Gasteiger partial charge in [-0.2, -0.15) is 0 Å². The SMILES string of the molecule is COc1ccc2c(c1)CCN2S(=O)(=O)c1ccc2c(c1)C(C)(C)C(=O)N2. The van der Waals surface area contributed by atoms with Crippen molar-refractivity contribution >= 4 is 27.3 Å². The van der Waals surface area contributed by atoms with Gasteiger partial charge < -0.3 is 10.1 Å². The molecule has 2 aliphatic rings. The third kappa shape index (κ3) is 2.30. The van der Waals surface area contributed by atoms with Crippen molar-refractivity contribution in [3.63, 3.8) is 0 Å². The number of anilines is 2. The van der Waals surface area contributed by atoms with Crippen LogP contribution in [-0.4, -0.2) is 28.0 Å². The molecular formula is C19H20N2O4S. The van der Waals surface area contributed by atoms with Gasteiger partial charge >= 0.3 is 0 Å². The van der Waals surface area contributed by atoms with Crippen molar-refractivity contribution in [1.82, 2.24) is 0 Å². The van der Waals surface area contributed by atoms with Crippen LogP contribution in [0.25, 0.3) is 0 Å². The van der Waals surface area contributed by atoms with Crippen LogP contribution >= 0.6 is 0 Å². The monoisotopic (exact) mass is 372 g/mol. The highest BCUT2D eigenvalue weighted by atomic mass is 32.2. The highest BCUT2D eigenvalue weighted by Gasteiger charge is 2.40. The summed E-state index contributed by atoms with van der Waals surface area (Å²) in [5, 5.41) is 2.80. The van der Waals surface area contributed by atoms with Crippen LogP contribution in [-0.2, 0) is 26.7 Å². The Hall–Kier alpha value is -2.54. The van der Waals surface area contributed by atoms with Crippen LogP contribution in [0.3, 0.4) is 0 Å². The summed E-state index contributed by atoms with van der Waals surface area (Å²) >= 11 is 0. The number of hydrogen-bond donors (Lipinski definition) is 1. The van der Waals surface area contributed by atoms with Gasteiger partial charge in [-0.25, -0.2) is 8.42 Å². The van der Waals surface area contributed by atoms with E-state index in [2.05, 4.69) is 5.32 Å². The summed E-state index contributed by atoms with van der Waals surface area (Å²) in [6.45, 7) is 3.98. The molecule has 2 aliphatic heterocycles. The number of carbonyl (C=O) groups is 1. The molecule has 0 unspecified atom stereocenters. The first kappa shape index (κ1) is 16.9. The van der Waals surface area contributed by atoms with Gasteiger partial charge in [-0.1, -0.05) is 0 Å². The Kier molecular flexibility index (Phi) is 3.56. The van der Waals surface area contributed by atoms with Crippen LogP contribution < -0.4 is 14.4 Å². The van der Waals surface area contributed by atoms with E-state index in [0.717, 1.165) is 5.56 Å². The lowest BCUT2D eigenvalue weighted by atomic mass is 9.86. The van der Waals surface area contributed by atoms with Crippen molar-refractivity contribution in [1.29, 1.82) is 0 Å². The number of carbonyl (C=O) groups excluding carboxylic acids is 1. The number of amides is 1. The molecule has 0 bridgehead atoms. The summed E-state index contributed by atoms with van der Waals surface area (Å²) < 4.78 is 33.1. The number of sulfonamides is 1. The van der Waals surface area contributed by atoms with Crippen molar-refractivity contribution in [2.24, 2.45) is 0 Å². The Balaban J connectivity index is 1.77. The maximum atomic E-state index is 13.2. The highest BCUT2D eigenvalue weighted by Crippen LogP contribution is 2.40. The smallest absolute Gasteiger partial charge is 0.264 e. The summed E-state index contributed by atoms with van der Waals surface area (Å²) in [5.74, 6) is 0.590. The molecule has 6 nitrogen and oxygen atoms in total. The standard InChI is InChI=1S/C19H20N2O4S/c1-19(2)15-11-14(5-6-16(15)20-18(19)22)26(23,24)21-9-8-12-10-13(25-3)4-7-17(12)21/h4-7,10-11H,8-9H2,1-3H3,(H,20,22). The molecule has 0 spiro atoms. The minimum atomic E-state index is -3.71. The molecule has 0 atom stereocenters. The van der Waals surface area contributed by atoms with Gasteiger partial charge in [0.25, 0.3) is 10.0 Å². The van der Waals surface area contributed by atoms with Crippen molar-refractivity contribution < 1.29 is 17.9 Å². The average molecular weight is 372 g/mol. The molecule has 2 heterocycles. The molecule has 0 aromatic heterocycles. The van der Waals surface area contributed by atoms with E-state index in [0.29, 0.717) is 35.7 Å². The van der Waals surface area contributed by atoms with Crippen molar-refractivity contribution in [3.8, 4) is 5.75 Å². The quantitative estimate of drug-likeness (QED) is 0.899. The number of nitrogens with zero attached hydrogens (tertiary/aromatic N) is 1. The molecule has 0 saturated heterocycles. The van der Waals surface area contributed by atoms with Crippen molar-refractivity contribution in [3.05, 3.63) is 47.5 Å². The molecule has 4 rings (SSSR count). The number of rotatable bonds is 3. The predicted molar refractivity (Wildman–Crippen MR) is 99.3 cm³/mol. The first-order chi connectivity index (χ1) is 12.2. The van der Waals surface area contributed by atoms with Crippen LogP contribution in [0.5, 0.6) is 5.75 Å². The van der Waals surface area contributed by atoms with Crippen LogP contribution in [0.4, 0.5) is 11.4 Å². The van der Waals surface area contributed by atoms with E-state index in [1.165, 1.54) is 4.31 Å². The maximum Gasteiger partial charge on any atom is 0.264 e. The molecule has 2 aromatic rings. The Morgan fingerprint density at radius 1 is 1.15 bits per heavy atom. The zero-order valence-corrected chi connectivity index (χ0v) is 15.7. The average Bonchev–Trinajstić information content (AvgIpc) is 3.13. The lowest BCUT2D eigenvalue weighted by molar-refractivity contribution is -0.119. The first-order valence-corrected chi connectivity index (χ1v) is 9.85. The number of ether oxygens (including phenoxy) is 1. The number of methoxy groups -OCH3 is 1. The second-order valence-electron chi connectivity index (χ2n) is 7.11. The van der Waals surface area contributed by atoms with Gasteiger partial charge in [-0.15, -0.1) is 0 Å². The van der Waals surface area contributed by atoms with Gasteiger partial charge in [0.15, 0.2) is 0 Å². The van der Waals surface area contributed by atoms with E-state index in [1.807, 2.05) is 6.07 Å². The van der Waals surface area contributed by atoms with E-state index in [-0.39, 0.29) is 10.8 Å². The predicted octanol–water partition coefficient (Wildman–Crippen LogP) is 2.68. The zero-order chi connectivity index (χ0) is 18.7. The fourth-order valence-corrected chi connectivity index (χ4v) is 5.09. The fraction of sp³-hybridized carbons (Fsp3) is 0.316. The molecule has 26 heavy (non-hydrogen) atoms. The minimum absolute atomic E-state index is 0.124. The molecular weight excluding hydrogens is 352 g/mol. The lowest BCUT2D eigenvalue weighted by Gasteiger charge is -2.21. The van der Waals surface area contributed by atoms with Crippen LogP contribution in [0.2, 0.25) is 0 Å². The van der Waals surface area contributed by atoms with Gasteiger partial charge in [0.2, 0.25) is 5.91 Å². The van der Waals surface area contributed by atoms with E-state index in [1.54, 1.807) is 51.3 Å². The molecule has 7 heteroatoms. The topological polar surface area (TPSA) is 75.7 Å². The van der Waals surface area contributed by atoms with Gasteiger partial charge in [0, 0.05) is 12.2 Å². The molecule has 1 N–H and O–H groups in total. The number of fused-ring (bicyclic) bond motifs is 2. The third-order valence-corrected chi connectivity index (χ3v) is 7.02. The first-order valence-electron chi connectivity index (χ1n) is 8.41. The summed E-state index contributed by atoms with van der Waals surface area (Å²) in [7, 11) is -2.12. The largest absolute Gasteiger partial charge is 0.497 e. The molecule has 136 valence electrons. The van der Waals surface area contributed by atoms with E-state index >= 15 is 0 Å². The molecule has 0 saturated carbocycles. The summed E-state index contributed by atoms with van der Waals surface area (Å²) in [4.78, 5) is 12.3. The number of hydrogen-bond acceptors (Lipinski definition) is 4.